The van der Waals surface area contributed by atoms with E-state index in [1.54, 1.807) is 23.1 Å². The maximum absolute atomic E-state index is 13.3. The summed E-state index contributed by atoms with van der Waals surface area (Å²) in [6, 6.07) is 23.9. The Hall–Kier alpha value is -3.60. The van der Waals surface area contributed by atoms with Crippen LogP contribution in [0.25, 0.3) is 0 Å². The van der Waals surface area contributed by atoms with Gasteiger partial charge in [0, 0.05) is 13.0 Å². The van der Waals surface area contributed by atoms with Gasteiger partial charge in [0.1, 0.15) is 22.8 Å². The molecule has 2 aliphatic rings. The van der Waals surface area contributed by atoms with Crippen molar-refractivity contribution in [2.45, 2.75) is 18.4 Å². The third-order valence-corrected chi connectivity index (χ3v) is 5.69. The summed E-state index contributed by atoms with van der Waals surface area (Å²) >= 11 is 0. The van der Waals surface area contributed by atoms with Gasteiger partial charge in [-0.05, 0) is 36.4 Å². The van der Waals surface area contributed by atoms with Gasteiger partial charge < -0.3 is 14.4 Å². The fourth-order valence-corrected chi connectivity index (χ4v) is 4.21. The van der Waals surface area contributed by atoms with E-state index in [0.717, 1.165) is 0 Å². The molecule has 1 saturated heterocycles. The smallest absolute Gasteiger partial charge is 0.257 e. The Kier molecular flexibility index (Phi) is 4.51. The second kappa shape index (κ2) is 7.34. The lowest BCUT2D eigenvalue weighted by Crippen LogP contribution is -2.45. The monoisotopic (exact) mass is 399 g/mol. The minimum atomic E-state index is -0.656. The molecule has 1 spiro atoms. The predicted octanol–water partition coefficient (Wildman–Crippen LogP) is 4.73. The van der Waals surface area contributed by atoms with Crippen LogP contribution in [0.5, 0.6) is 17.2 Å². The fourth-order valence-electron chi connectivity index (χ4n) is 4.21. The van der Waals surface area contributed by atoms with Crippen molar-refractivity contribution in [3.05, 3.63) is 90.0 Å². The normalized spacial score (nSPS) is 20.0. The Labute approximate surface area is 174 Å². The Bertz CT molecular complexity index is 1110. The van der Waals surface area contributed by atoms with E-state index in [0.29, 0.717) is 47.9 Å². The molecule has 0 radical (unpaired) electrons. The third-order valence-electron chi connectivity index (χ3n) is 5.69. The van der Waals surface area contributed by atoms with Gasteiger partial charge in [-0.15, -0.1) is 0 Å². The lowest BCUT2D eigenvalue weighted by atomic mass is 9.89. The van der Waals surface area contributed by atoms with Crippen molar-refractivity contribution in [2.24, 2.45) is 0 Å². The number of carbonyl (C=O) groups is 2. The number of benzene rings is 3. The highest BCUT2D eigenvalue weighted by atomic mass is 16.5. The summed E-state index contributed by atoms with van der Waals surface area (Å²) in [6.07, 6.45) is 0.913. The first kappa shape index (κ1) is 18.4. The van der Waals surface area contributed by atoms with Crippen LogP contribution in [0.4, 0.5) is 0 Å². The van der Waals surface area contributed by atoms with E-state index >= 15 is 0 Å². The number of nitrogens with zero attached hydrogens (tertiary/aromatic N) is 1. The average molecular weight is 399 g/mol. The van der Waals surface area contributed by atoms with Crippen LogP contribution < -0.4 is 9.47 Å². The minimum Gasteiger partial charge on any atom is -0.484 e. The molecule has 5 rings (SSSR count). The molecule has 0 saturated carbocycles. The van der Waals surface area contributed by atoms with Crippen LogP contribution >= 0.6 is 0 Å². The molecule has 2 aliphatic heterocycles. The second-order valence-electron chi connectivity index (χ2n) is 7.77. The Balaban J connectivity index is 1.37. The second-order valence-corrected chi connectivity index (χ2v) is 7.77. The molecular weight excluding hydrogens is 378 g/mol. The number of hydrogen-bond acceptors (Lipinski definition) is 4. The summed E-state index contributed by atoms with van der Waals surface area (Å²) in [5.41, 5.74) is 0.464. The van der Waals surface area contributed by atoms with Crippen LogP contribution in [-0.4, -0.2) is 35.3 Å². The molecule has 1 fully saturated rings. The van der Waals surface area contributed by atoms with Crippen molar-refractivity contribution >= 4 is 11.7 Å². The summed E-state index contributed by atoms with van der Waals surface area (Å²) < 4.78 is 12.2. The Morgan fingerprint density at radius 1 is 0.933 bits per heavy atom. The predicted molar refractivity (Wildman–Crippen MR) is 112 cm³/mol. The van der Waals surface area contributed by atoms with E-state index in [9.17, 15) is 9.59 Å². The quantitative estimate of drug-likeness (QED) is 0.639. The van der Waals surface area contributed by atoms with E-state index in [1.165, 1.54) is 0 Å². The van der Waals surface area contributed by atoms with Crippen LogP contribution in [0.1, 0.15) is 33.6 Å². The van der Waals surface area contributed by atoms with Crippen molar-refractivity contribution in [3.63, 3.8) is 0 Å². The molecule has 0 N–H and O–H groups in total. The Morgan fingerprint density at radius 3 is 2.53 bits per heavy atom. The van der Waals surface area contributed by atoms with Crippen LogP contribution in [0, 0.1) is 0 Å². The molecule has 1 atom stereocenters. The summed E-state index contributed by atoms with van der Waals surface area (Å²) in [6.45, 7) is 0.916. The van der Waals surface area contributed by atoms with Crippen molar-refractivity contribution in [1.29, 1.82) is 0 Å². The van der Waals surface area contributed by atoms with Gasteiger partial charge in [-0.3, -0.25) is 9.59 Å². The van der Waals surface area contributed by atoms with Gasteiger partial charge in [0.2, 0.25) is 0 Å². The van der Waals surface area contributed by atoms with E-state index in [4.69, 9.17) is 9.47 Å². The first-order valence-corrected chi connectivity index (χ1v) is 10.1. The molecule has 2 heterocycles. The first-order valence-electron chi connectivity index (χ1n) is 10.1. The van der Waals surface area contributed by atoms with Crippen LogP contribution in [0.2, 0.25) is 0 Å². The number of Topliss-reactive ketones (excluding diaryl/α,β-unsaturated/α-hetero) is 1. The van der Waals surface area contributed by atoms with Gasteiger partial charge in [-0.2, -0.15) is 0 Å². The molecule has 5 heteroatoms. The number of carbonyl (C=O) groups excluding carboxylic acids is 2. The number of likely N-dealkylation sites (tertiary alicyclic amines) is 1. The molecule has 30 heavy (non-hydrogen) atoms. The number of rotatable bonds is 3. The van der Waals surface area contributed by atoms with Gasteiger partial charge >= 0.3 is 0 Å². The van der Waals surface area contributed by atoms with Gasteiger partial charge in [-0.1, -0.05) is 42.5 Å². The zero-order chi connectivity index (χ0) is 20.6. The zero-order valence-corrected chi connectivity index (χ0v) is 16.4. The van der Waals surface area contributed by atoms with Gasteiger partial charge in [-0.25, -0.2) is 0 Å². The molecule has 0 aliphatic carbocycles. The third kappa shape index (κ3) is 3.32. The molecule has 0 aromatic heterocycles. The van der Waals surface area contributed by atoms with Gasteiger partial charge in [0.25, 0.3) is 5.91 Å². The SMILES string of the molecule is O=C1CC2(CCN(C(=O)c3ccccc3Oc3ccccc3)C2)Oc2ccccc21. The van der Waals surface area contributed by atoms with E-state index in [1.807, 2.05) is 60.7 Å². The summed E-state index contributed by atoms with van der Waals surface area (Å²) in [4.78, 5) is 27.7. The molecule has 0 bridgehead atoms. The highest BCUT2D eigenvalue weighted by Crippen LogP contribution is 2.39. The van der Waals surface area contributed by atoms with Gasteiger partial charge in [0.05, 0.1) is 24.1 Å². The maximum atomic E-state index is 13.3. The minimum absolute atomic E-state index is 0.0685. The van der Waals surface area contributed by atoms with E-state index in [-0.39, 0.29) is 18.1 Å². The number of hydrogen-bond donors (Lipinski definition) is 0. The first-order chi connectivity index (χ1) is 14.6. The highest BCUT2D eigenvalue weighted by molar-refractivity contribution is 6.01. The number of para-hydroxylation sites is 3. The number of amides is 1. The van der Waals surface area contributed by atoms with Crippen LogP contribution in [-0.2, 0) is 0 Å². The summed E-state index contributed by atoms with van der Waals surface area (Å²) in [7, 11) is 0. The van der Waals surface area contributed by atoms with E-state index < -0.39 is 5.60 Å². The standard InChI is InChI=1S/C25H21NO4/c27-21-16-25(30-23-13-7-4-10-19(21)23)14-15-26(17-25)24(28)20-11-5-6-12-22(20)29-18-8-2-1-3-9-18/h1-13H,14-17H2. The lowest BCUT2D eigenvalue weighted by Gasteiger charge is -2.34. The number of fused-ring (bicyclic) bond motifs is 1. The molecule has 3 aromatic carbocycles. The zero-order valence-electron chi connectivity index (χ0n) is 16.4. The fraction of sp³-hybridized carbons (Fsp3) is 0.200. The van der Waals surface area contributed by atoms with E-state index in [2.05, 4.69) is 0 Å². The lowest BCUT2D eigenvalue weighted by molar-refractivity contribution is 0.0428. The molecule has 5 nitrogen and oxygen atoms in total. The van der Waals surface area contributed by atoms with Crippen molar-refractivity contribution < 1.29 is 19.1 Å². The number of ether oxygens (including phenoxy) is 2. The molecule has 150 valence electrons. The van der Waals surface area contributed by atoms with Crippen LogP contribution in [0.3, 0.4) is 0 Å². The summed E-state index contributed by atoms with van der Waals surface area (Å²) in [5.74, 6) is 1.75. The molecule has 1 unspecified atom stereocenters. The highest BCUT2D eigenvalue weighted by Gasteiger charge is 2.47. The largest absolute Gasteiger partial charge is 0.484 e. The van der Waals surface area contributed by atoms with Crippen molar-refractivity contribution in [1.82, 2.24) is 4.90 Å². The maximum Gasteiger partial charge on any atom is 0.257 e. The number of ketones is 1. The van der Waals surface area contributed by atoms with Gasteiger partial charge in [0.15, 0.2) is 5.78 Å². The Morgan fingerprint density at radius 2 is 1.67 bits per heavy atom. The summed E-state index contributed by atoms with van der Waals surface area (Å²) in [5, 5.41) is 0. The average Bonchev–Trinajstić information content (AvgIpc) is 3.17. The van der Waals surface area contributed by atoms with Crippen molar-refractivity contribution in [3.8, 4) is 17.2 Å². The topological polar surface area (TPSA) is 55.8 Å². The van der Waals surface area contributed by atoms with Crippen LogP contribution in [0.15, 0.2) is 78.9 Å². The molecule has 1 amide bonds. The van der Waals surface area contributed by atoms with Crippen molar-refractivity contribution in [2.75, 3.05) is 13.1 Å². The molecular formula is C25H21NO4. The molecule has 3 aromatic rings.